The van der Waals surface area contributed by atoms with E-state index in [0.717, 1.165) is 90.3 Å². The fourth-order valence-corrected chi connectivity index (χ4v) is 10.9. The number of nitrogens with zero attached hydrogens (tertiary/aromatic N) is 10. The maximum Gasteiger partial charge on any atom is 0.255 e. The monoisotopic (exact) mass is 1030 g/mol. The zero-order valence-corrected chi connectivity index (χ0v) is 43.5. The number of hydrogen-bond acceptors (Lipinski definition) is 12. The Bertz CT molecular complexity index is 3390. The number of halogens is 2. The number of amides is 2. The van der Waals surface area contributed by atoms with Gasteiger partial charge in [-0.25, -0.2) is 29.9 Å². The van der Waals surface area contributed by atoms with Gasteiger partial charge in [-0.2, -0.15) is 0 Å². The van der Waals surface area contributed by atoms with E-state index in [9.17, 15) is 9.59 Å². The maximum absolute atomic E-state index is 14.0. The average Bonchev–Trinajstić information content (AvgIpc) is 3.95. The van der Waals surface area contributed by atoms with Gasteiger partial charge in [0.2, 0.25) is 0 Å². The van der Waals surface area contributed by atoms with E-state index in [1.807, 2.05) is 60.0 Å². The van der Waals surface area contributed by atoms with Crippen molar-refractivity contribution in [3.8, 4) is 46.2 Å². The van der Waals surface area contributed by atoms with Crippen molar-refractivity contribution in [2.45, 2.75) is 57.9 Å². The molecule has 3 aromatic carbocycles. The number of aryl methyl sites for hydroxylation is 2. The summed E-state index contributed by atoms with van der Waals surface area (Å²) in [5.74, 6) is 14.1. The number of piperazine rings is 2. The Hall–Kier alpha value is -7.88. The van der Waals surface area contributed by atoms with Crippen LogP contribution in [0.25, 0.3) is 22.5 Å². The van der Waals surface area contributed by atoms with Gasteiger partial charge in [0.25, 0.3) is 11.8 Å². The van der Waals surface area contributed by atoms with Crippen LogP contribution in [0.2, 0.25) is 10.0 Å². The summed E-state index contributed by atoms with van der Waals surface area (Å²) in [5, 5.41) is 0.715. The Kier molecular flexibility index (Phi) is 15.3. The van der Waals surface area contributed by atoms with E-state index >= 15 is 0 Å². The molecule has 75 heavy (non-hydrogen) atoms. The summed E-state index contributed by atoms with van der Waals surface area (Å²) in [5.41, 5.74) is 22.7. The van der Waals surface area contributed by atoms with Gasteiger partial charge in [-0.3, -0.25) is 14.5 Å². The van der Waals surface area contributed by atoms with Gasteiger partial charge in [-0.15, -0.1) is 0 Å². The van der Waals surface area contributed by atoms with Crippen molar-refractivity contribution >= 4 is 52.3 Å². The molecular formula is C59H56Cl2N12O2. The van der Waals surface area contributed by atoms with Gasteiger partial charge in [-0.05, 0) is 98.2 Å². The number of anilines is 3. The zero-order valence-electron chi connectivity index (χ0n) is 41.9. The van der Waals surface area contributed by atoms with Crippen molar-refractivity contribution in [3.05, 3.63) is 170 Å². The molecule has 10 rings (SSSR count). The molecule has 0 spiro atoms. The summed E-state index contributed by atoms with van der Waals surface area (Å²) in [7, 11) is 0. The van der Waals surface area contributed by atoms with Crippen LogP contribution in [0.15, 0.2) is 110 Å². The number of hydrogen-bond donors (Lipinski definition) is 2. The first kappa shape index (κ1) is 50.6. The van der Waals surface area contributed by atoms with Gasteiger partial charge >= 0.3 is 0 Å². The molecule has 2 saturated heterocycles. The largest absolute Gasteiger partial charge is 0.384 e. The molecule has 16 heteroatoms. The number of pyridine rings is 2. The standard InChI is InChI=1S/C59H56Cl2N12O2/c1-3-52-47(17-10-38-12-21-54(62)64-34-38)55(68-36-66-52)41-14-19-46(50(60)32-41)59(75)73-28-24-71(25-29-73)44-16-13-40(31-44)49-30-39(35-65-57(49)63)11-18-48-53(4-2)67-37-69-56(48)42-15-20-45(51(61)33-42)58(74)72-26-22-70(23-27-72)43-8-6-5-7-9-43/h5-9,12,14-15,19-21,30,32-37,40,44H,3-4,13,16,22-29,31H2,1-2H3,(H2,62,64)(H2,63,65). The molecule has 4 N–H and O–H groups in total. The molecule has 7 aromatic rings. The lowest BCUT2D eigenvalue weighted by Gasteiger charge is -2.38. The topological polar surface area (TPSA) is 176 Å². The quantitative estimate of drug-likeness (QED) is 0.132. The summed E-state index contributed by atoms with van der Waals surface area (Å²) < 4.78 is 0. The van der Waals surface area contributed by atoms with Crippen molar-refractivity contribution < 1.29 is 9.59 Å². The van der Waals surface area contributed by atoms with Crippen LogP contribution in [0.4, 0.5) is 17.3 Å². The molecule has 0 radical (unpaired) electrons. The number of nitrogen functional groups attached to an aromatic ring is 2. The number of aromatic nitrogens is 6. The molecule has 2 amide bonds. The normalized spacial score (nSPS) is 16.7. The van der Waals surface area contributed by atoms with Gasteiger partial charge in [-0.1, -0.05) is 91.1 Å². The Morgan fingerprint density at radius 1 is 0.600 bits per heavy atom. The summed E-state index contributed by atoms with van der Waals surface area (Å²) in [6.45, 7) is 9.44. The third kappa shape index (κ3) is 11.2. The minimum atomic E-state index is -0.0988. The van der Waals surface area contributed by atoms with Gasteiger partial charge in [0.1, 0.15) is 24.3 Å². The highest BCUT2D eigenvalue weighted by Crippen LogP contribution is 2.40. The van der Waals surface area contributed by atoms with Gasteiger partial charge < -0.3 is 26.2 Å². The number of rotatable bonds is 9. The third-order valence-electron chi connectivity index (χ3n) is 14.5. The molecule has 2 aliphatic heterocycles. The van der Waals surface area contributed by atoms with Crippen molar-refractivity contribution in [2.75, 3.05) is 68.7 Å². The van der Waals surface area contributed by atoms with Gasteiger partial charge in [0.15, 0.2) is 0 Å². The van der Waals surface area contributed by atoms with E-state index in [1.165, 1.54) is 6.33 Å². The predicted octanol–water partition coefficient (Wildman–Crippen LogP) is 8.84. The van der Waals surface area contributed by atoms with Crippen molar-refractivity contribution in [2.24, 2.45) is 0 Å². The fraction of sp³-hybridized carbons (Fsp3) is 0.288. The fourth-order valence-electron chi connectivity index (χ4n) is 10.4. The second kappa shape index (κ2) is 22.7. The molecule has 14 nitrogen and oxygen atoms in total. The van der Waals surface area contributed by atoms with Crippen LogP contribution in [0.3, 0.4) is 0 Å². The number of para-hydroxylation sites is 1. The molecule has 4 aromatic heterocycles. The van der Waals surface area contributed by atoms with Crippen LogP contribution in [0.5, 0.6) is 0 Å². The van der Waals surface area contributed by atoms with E-state index in [-0.39, 0.29) is 17.7 Å². The van der Waals surface area contributed by atoms with E-state index in [4.69, 9.17) is 34.7 Å². The Labute approximate surface area is 447 Å². The van der Waals surface area contributed by atoms with Crippen LogP contribution in [-0.2, 0) is 12.8 Å². The van der Waals surface area contributed by atoms with Crippen molar-refractivity contribution in [1.29, 1.82) is 0 Å². The first-order valence-electron chi connectivity index (χ1n) is 25.5. The van der Waals surface area contributed by atoms with Gasteiger partial charge in [0, 0.05) is 98.7 Å². The molecule has 2 unspecified atom stereocenters. The number of benzene rings is 3. The molecule has 6 heterocycles. The van der Waals surface area contributed by atoms with Crippen LogP contribution >= 0.6 is 23.2 Å². The lowest BCUT2D eigenvalue weighted by atomic mass is 9.96. The van der Waals surface area contributed by atoms with Crippen LogP contribution in [0, 0.1) is 23.7 Å². The Morgan fingerprint density at radius 2 is 1.16 bits per heavy atom. The lowest BCUT2D eigenvalue weighted by molar-refractivity contribution is 0.0572. The van der Waals surface area contributed by atoms with E-state index < -0.39 is 0 Å². The number of nitrogens with two attached hydrogens (primary N) is 2. The van der Waals surface area contributed by atoms with E-state index in [1.54, 1.807) is 49.1 Å². The third-order valence-corrected chi connectivity index (χ3v) is 15.1. The molecule has 378 valence electrons. The second-order valence-electron chi connectivity index (χ2n) is 19.0. The van der Waals surface area contributed by atoms with E-state index in [2.05, 4.69) is 81.6 Å². The highest BCUT2D eigenvalue weighted by molar-refractivity contribution is 6.34. The minimum Gasteiger partial charge on any atom is -0.384 e. The van der Waals surface area contributed by atoms with Crippen molar-refractivity contribution in [1.82, 2.24) is 44.6 Å². The Morgan fingerprint density at radius 3 is 1.71 bits per heavy atom. The molecule has 3 aliphatic rings. The first-order chi connectivity index (χ1) is 36.5. The first-order valence-corrected chi connectivity index (χ1v) is 26.2. The molecular weight excluding hydrogens is 980 g/mol. The van der Waals surface area contributed by atoms with Crippen LogP contribution in [-0.4, -0.2) is 115 Å². The molecule has 3 fully saturated rings. The summed E-state index contributed by atoms with van der Waals surface area (Å²) in [6, 6.07) is 27.1. The second-order valence-corrected chi connectivity index (χ2v) is 19.8. The SMILES string of the molecule is CCc1ncnc(-c2ccc(C(=O)N3CCN(c4ccccc4)CC3)c(Cl)c2)c1C#Cc1cnc(N)c(C2CCC(N3CCN(C(=O)c4ccc(-c5ncnc(CC)c5C#Cc5ccc(N)nc5)cc4Cl)CC3)C2)c1. The Balaban J connectivity index is 0.774. The average molecular weight is 1040 g/mol. The van der Waals surface area contributed by atoms with E-state index in [0.29, 0.717) is 100 Å². The highest BCUT2D eigenvalue weighted by atomic mass is 35.5. The van der Waals surface area contributed by atoms with Crippen LogP contribution in [0.1, 0.15) is 98.9 Å². The lowest BCUT2D eigenvalue weighted by Crippen LogP contribution is -2.51. The van der Waals surface area contributed by atoms with Crippen molar-refractivity contribution in [3.63, 3.8) is 0 Å². The van der Waals surface area contributed by atoms with Gasteiger partial charge in [0.05, 0.1) is 55.1 Å². The summed E-state index contributed by atoms with van der Waals surface area (Å²) >= 11 is 13.8. The summed E-state index contributed by atoms with van der Waals surface area (Å²) in [4.78, 5) is 63.3. The molecule has 0 bridgehead atoms. The number of carbonyl (C=O) groups excluding carboxylic acids is 2. The predicted molar refractivity (Wildman–Crippen MR) is 295 cm³/mol. The zero-order chi connectivity index (χ0) is 52.0. The maximum atomic E-state index is 14.0. The summed E-state index contributed by atoms with van der Waals surface area (Å²) in [6.07, 6.45) is 10.6. The highest BCUT2D eigenvalue weighted by Gasteiger charge is 2.34. The smallest absolute Gasteiger partial charge is 0.255 e. The van der Waals surface area contributed by atoms with Crippen LogP contribution < -0.4 is 16.4 Å². The minimum absolute atomic E-state index is 0.0892. The molecule has 2 atom stereocenters. The number of carbonyl (C=O) groups is 2. The molecule has 1 aliphatic carbocycles. The molecule has 1 saturated carbocycles.